The molecule has 3 nitrogen and oxygen atoms in total. The molecule has 1 aromatic rings. The minimum atomic E-state index is 0.823. The molecule has 2 N–H and O–H groups in total. The van der Waals surface area contributed by atoms with E-state index in [1.165, 1.54) is 42.6 Å². The van der Waals surface area contributed by atoms with Gasteiger partial charge in [0.05, 0.1) is 6.21 Å². The van der Waals surface area contributed by atoms with Crippen LogP contribution in [-0.4, -0.2) is 24.2 Å². The zero-order valence-corrected chi connectivity index (χ0v) is 12.3. The van der Waals surface area contributed by atoms with Gasteiger partial charge < -0.3 is 5.84 Å². The van der Waals surface area contributed by atoms with Crippen molar-refractivity contribution in [2.24, 2.45) is 16.9 Å². The van der Waals surface area contributed by atoms with Crippen LogP contribution >= 0.6 is 0 Å². The van der Waals surface area contributed by atoms with Crippen LogP contribution in [-0.2, 0) is 6.54 Å². The summed E-state index contributed by atoms with van der Waals surface area (Å²) in [5, 5.41) is 3.67. The molecule has 0 radical (unpaired) electrons. The Bertz CT molecular complexity index is 465. The summed E-state index contributed by atoms with van der Waals surface area (Å²) >= 11 is 0. The molecule has 1 heterocycles. The van der Waals surface area contributed by atoms with E-state index in [-0.39, 0.29) is 0 Å². The van der Waals surface area contributed by atoms with E-state index >= 15 is 0 Å². The number of rotatable bonds is 3. The molecule has 1 atom stereocenters. The molecule has 1 aromatic carbocycles. The lowest BCUT2D eigenvalue weighted by molar-refractivity contribution is 0.176. The van der Waals surface area contributed by atoms with Crippen LogP contribution in [0.1, 0.15) is 42.0 Å². The van der Waals surface area contributed by atoms with E-state index in [9.17, 15) is 0 Å². The lowest BCUT2D eigenvalue weighted by atomic mass is 9.96. The number of hydrazone groups is 1. The minimum Gasteiger partial charge on any atom is -0.323 e. The maximum atomic E-state index is 5.29. The van der Waals surface area contributed by atoms with Crippen molar-refractivity contribution < 1.29 is 0 Å². The molecule has 1 saturated heterocycles. The first kappa shape index (κ1) is 14.1. The van der Waals surface area contributed by atoms with Gasteiger partial charge in [0.15, 0.2) is 0 Å². The van der Waals surface area contributed by atoms with Gasteiger partial charge >= 0.3 is 0 Å². The van der Waals surface area contributed by atoms with Gasteiger partial charge in [-0.05, 0) is 55.8 Å². The van der Waals surface area contributed by atoms with E-state index in [4.69, 9.17) is 5.84 Å². The van der Waals surface area contributed by atoms with Gasteiger partial charge in [-0.3, -0.25) is 4.90 Å². The molecule has 0 saturated carbocycles. The molecule has 0 bridgehead atoms. The Morgan fingerprint density at radius 2 is 2.21 bits per heavy atom. The molecule has 0 amide bonds. The van der Waals surface area contributed by atoms with Gasteiger partial charge in [-0.1, -0.05) is 24.6 Å². The number of likely N-dealkylation sites (tertiary alicyclic amines) is 1. The van der Waals surface area contributed by atoms with Crippen LogP contribution in [0, 0.1) is 19.8 Å². The molecule has 0 spiro atoms. The van der Waals surface area contributed by atoms with Crippen molar-refractivity contribution in [3.05, 3.63) is 34.4 Å². The number of nitrogens with two attached hydrogens (primary N) is 1. The van der Waals surface area contributed by atoms with E-state index in [1.54, 1.807) is 6.21 Å². The molecule has 1 aliphatic heterocycles. The third-order valence-corrected chi connectivity index (χ3v) is 4.05. The summed E-state index contributed by atoms with van der Waals surface area (Å²) in [5.41, 5.74) is 5.13. The van der Waals surface area contributed by atoms with E-state index in [0.717, 1.165) is 18.0 Å². The van der Waals surface area contributed by atoms with Crippen molar-refractivity contribution in [3.63, 3.8) is 0 Å². The Kier molecular flexibility index (Phi) is 4.59. The second-order valence-corrected chi connectivity index (χ2v) is 5.90. The minimum absolute atomic E-state index is 0.823. The highest BCUT2D eigenvalue weighted by Gasteiger charge is 2.17. The topological polar surface area (TPSA) is 41.6 Å². The lowest BCUT2D eigenvalue weighted by Crippen LogP contribution is -2.34. The molecule has 104 valence electrons. The van der Waals surface area contributed by atoms with Crippen LogP contribution in [0.15, 0.2) is 17.2 Å². The van der Waals surface area contributed by atoms with Crippen LogP contribution in [0.2, 0.25) is 0 Å². The van der Waals surface area contributed by atoms with Gasteiger partial charge in [0.2, 0.25) is 0 Å². The molecule has 0 aromatic heterocycles. The Labute approximate surface area is 116 Å². The monoisotopic (exact) mass is 259 g/mol. The normalized spacial score (nSPS) is 21.1. The third-order valence-electron chi connectivity index (χ3n) is 4.05. The van der Waals surface area contributed by atoms with Crippen molar-refractivity contribution in [1.29, 1.82) is 0 Å². The smallest absolute Gasteiger partial charge is 0.0540 e. The number of hydrogen-bond acceptors (Lipinski definition) is 3. The van der Waals surface area contributed by atoms with Gasteiger partial charge in [0.25, 0.3) is 0 Å². The number of benzene rings is 1. The highest BCUT2D eigenvalue weighted by atomic mass is 15.1. The van der Waals surface area contributed by atoms with Gasteiger partial charge in [-0.25, -0.2) is 0 Å². The summed E-state index contributed by atoms with van der Waals surface area (Å²) in [6, 6.07) is 4.44. The Hall–Kier alpha value is -1.35. The largest absolute Gasteiger partial charge is 0.323 e. The molecule has 19 heavy (non-hydrogen) atoms. The van der Waals surface area contributed by atoms with Crippen LogP contribution < -0.4 is 5.84 Å². The fourth-order valence-corrected chi connectivity index (χ4v) is 3.01. The van der Waals surface area contributed by atoms with Gasteiger partial charge in [0.1, 0.15) is 0 Å². The van der Waals surface area contributed by atoms with Crippen molar-refractivity contribution >= 4 is 6.21 Å². The van der Waals surface area contributed by atoms with E-state index in [1.807, 2.05) is 0 Å². The summed E-state index contributed by atoms with van der Waals surface area (Å²) in [6.07, 6.45) is 4.45. The van der Waals surface area contributed by atoms with E-state index in [2.05, 4.69) is 42.9 Å². The number of aryl methyl sites for hydroxylation is 1. The first-order valence-corrected chi connectivity index (χ1v) is 7.16. The van der Waals surface area contributed by atoms with Gasteiger partial charge in [0, 0.05) is 13.1 Å². The molecule has 1 unspecified atom stereocenters. The predicted molar refractivity (Wildman–Crippen MR) is 81.4 cm³/mol. The van der Waals surface area contributed by atoms with Crippen molar-refractivity contribution in [3.8, 4) is 0 Å². The standard InChI is InChI=1S/C16H25N3/c1-12-5-4-6-19(10-12)11-16-8-13(2)7-15(9-18-17)14(16)3/h7-9,12H,4-6,10-11,17H2,1-3H3. The van der Waals surface area contributed by atoms with Crippen LogP contribution in [0.3, 0.4) is 0 Å². The van der Waals surface area contributed by atoms with E-state index in [0.29, 0.717) is 0 Å². The fourth-order valence-electron chi connectivity index (χ4n) is 3.01. The van der Waals surface area contributed by atoms with Gasteiger partial charge in [-0.15, -0.1) is 0 Å². The summed E-state index contributed by atoms with van der Waals surface area (Å²) in [6.45, 7) is 10.1. The molecule has 3 heteroatoms. The van der Waals surface area contributed by atoms with E-state index < -0.39 is 0 Å². The number of nitrogens with zero attached hydrogens (tertiary/aromatic N) is 2. The average molecular weight is 259 g/mol. The maximum Gasteiger partial charge on any atom is 0.0540 e. The average Bonchev–Trinajstić information content (AvgIpc) is 2.35. The Morgan fingerprint density at radius 3 is 2.89 bits per heavy atom. The SMILES string of the molecule is Cc1cc(C=NN)c(C)c(CN2CCCC(C)C2)c1. The quantitative estimate of drug-likeness (QED) is 0.515. The first-order chi connectivity index (χ1) is 9.10. The Balaban J connectivity index is 2.19. The highest BCUT2D eigenvalue weighted by Crippen LogP contribution is 2.21. The molecular formula is C16H25N3. The maximum absolute atomic E-state index is 5.29. The second-order valence-electron chi connectivity index (χ2n) is 5.90. The second kappa shape index (κ2) is 6.20. The molecule has 0 aliphatic carbocycles. The van der Waals surface area contributed by atoms with Crippen molar-refractivity contribution in [1.82, 2.24) is 4.90 Å². The van der Waals surface area contributed by atoms with Gasteiger partial charge in [-0.2, -0.15) is 5.10 Å². The fraction of sp³-hybridized carbons (Fsp3) is 0.562. The number of hydrogen-bond donors (Lipinski definition) is 1. The van der Waals surface area contributed by atoms with Crippen molar-refractivity contribution in [2.75, 3.05) is 13.1 Å². The first-order valence-electron chi connectivity index (χ1n) is 7.16. The van der Waals surface area contributed by atoms with Crippen molar-refractivity contribution in [2.45, 2.75) is 40.2 Å². The summed E-state index contributed by atoms with van der Waals surface area (Å²) < 4.78 is 0. The predicted octanol–water partition coefficient (Wildman–Crippen LogP) is 2.83. The number of piperidine rings is 1. The lowest BCUT2D eigenvalue weighted by Gasteiger charge is -2.31. The summed E-state index contributed by atoms with van der Waals surface area (Å²) in [7, 11) is 0. The summed E-state index contributed by atoms with van der Waals surface area (Å²) in [5.74, 6) is 6.11. The highest BCUT2D eigenvalue weighted by molar-refractivity contribution is 5.82. The van der Waals surface area contributed by atoms with Crippen LogP contribution in [0.25, 0.3) is 0 Å². The summed E-state index contributed by atoms with van der Waals surface area (Å²) in [4.78, 5) is 2.57. The molecular weight excluding hydrogens is 234 g/mol. The van der Waals surface area contributed by atoms with Crippen LogP contribution in [0.5, 0.6) is 0 Å². The molecule has 1 fully saturated rings. The molecule has 1 aliphatic rings. The van der Waals surface area contributed by atoms with Crippen LogP contribution in [0.4, 0.5) is 0 Å². The zero-order valence-electron chi connectivity index (χ0n) is 12.3. The zero-order chi connectivity index (χ0) is 13.8. The molecule has 2 rings (SSSR count). The third kappa shape index (κ3) is 3.57. The Morgan fingerprint density at radius 1 is 1.42 bits per heavy atom.